The van der Waals surface area contributed by atoms with E-state index in [2.05, 4.69) is 27.5 Å². The fourth-order valence-corrected chi connectivity index (χ4v) is 3.04. The van der Waals surface area contributed by atoms with Crippen molar-refractivity contribution >= 4 is 18.0 Å². The Kier molecular flexibility index (Phi) is 5.80. The molecule has 3 rings (SSSR count). The topological polar surface area (TPSA) is 52.3 Å². The number of allylic oxidation sites excluding steroid dienone is 2. The molecule has 0 spiro atoms. The molecule has 1 aliphatic rings. The summed E-state index contributed by atoms with van der Waals surface area (Å²) < 4.78 is 32.1. The van der Waals surface area contributed by atoms with Gasteiger partial charge in [-0.3, -0.25) is 0 Å². The maximum atomic E-state index is 12.8. The second-order valence-electron chi connectivity index (χ2n) is 5.53. The third-order valence-electron chi connectivity index (χ3n) is 3.86. The van der Waals surface area contributed by atoms with E-state index < -0.39 is 5.76 Å². The summed E-state index contributed by atoms with van der Waals surface area (Å²) in [4.78, 5) is 0. The zero-order valence-corrected chi connectivity index (χ0v) is 14.5. The molecule has 8 heteroatoms. The number of benzene rings is 1. The lowest BCUT2D eigenvalue weighted by atomic mass is 9.96. The molecule has 0 saturated heterocycles. The minimum absolute atomic E-state index is 0.0726. The summed E-state index contributed by atoms with van der Waals surface area (Å²) in [6.07, 6.45) is 8.96. The predicted molar refractivity (Wildman–Crippen MR) is 94.2 cm³/mol. The Morgan fingerprint density at radius 3 is 2.72 bits per heavy atom. The molecular weight excluding hydrogens is 346 g/mol. The van der Waals surface area contributed by atoms with E-state index >= 15 is 0 Å². The Morgan fingerprint density at radius 2 is 2.08 bits per heavy atom. The first-order chi connectivity index (χ1) is 12.2. The average Bonchev–Trinajstić information content (AvgIpc) is 3.02. The first-order valence-corrected chi connectivity index (χ1v) is 8.79. The second kappa shape index (κ2) is 8.24. The summed E-state index contributed by atoms with van der Waals surface area (Å²) in [5, 5.41) is 12.4. The largest absolute Gasteiger partial charge is 0.497 e. The van der Waals surface area contributed by atoms with Gasteiger partial charge in [-0.2, -0.15) is 18.6 Å². The SMILES string of the molecule is COc1ccc(-c2nnc(SC(F)F)n2/N=C\[C@H]2CC=CCC2)cc1. The molecule has 0 unspecified atom stereocenters. The van der Waals surface area contributed by atoms with Gasteiger partial charge in [0.05, 0.1) is 7.11 Å². The highest BCUT2D eigenvalue weighted by Crippen LogP contribution is 2.29. The molecule has 5 nitrogen and oxygen atoms in total. The number of methoxy groups -OCH3 is 1. The average molecular weight is 364 g/mol. The Balaban J connectivity index is 1.92. The fraction of sp³-hybridized carbons (Fsp3) is 0.353. The maximum Gasteiger partial charge on any atom is 0.291 e. The number of rotatable bonds is 6. The van der Waals surface area contributed by atoms with Crippen molar-refractivity contribution in [2.75, 3.05) is 7.11 Å². The lowest BCUT2D eigenvalue weighted by Crippen LogP contribution is -2.06. The molecular formula is C17H18F2N4OS. The van der Waals surface area contributed by atoms with Crippen LogP contribution in [0.4, 0.5) is 8.78 Å². The molecule has 0 radical (unpaired) electrons. The van der Waals surface area contributed by atoms with Crippen molar-refractivity contribution in [2.45, 2.75) is 30.2 Å². The molecule has 1 aliphatic carbocycles. The van der Waals surface area contributed by atoms with Gasteiger partial charge in [-0.05, 0) is 61.2 Å². The number of halogens is 2. The Labute approximate surface area is 148 Å². The van der Waals surface area contributed by atoms with E-state index in [-0.39, 0.29) is 5.16 Å². The van der Waals surface area contributed by atoms with Crippen LogP contribution in [0.5, 0.6) is 5.75 Å². The van der Waals surface area contributed by atoms with Gasteiger partial charge in [0.1, 0.15) is 5.75 Å². The first kappa shape index (κ1) is 17.6. The highest BCUT2D eigenvalue weighted by atomic mass is 32.2. The van der Waals surface area contributed by atoms with Gasteiger partial charge in [-0.25, -0.2) is 0 Å². The van der Waals surface area contributed by atoms with Crippen LogP contribution in [-0.4, -0.2) is 34.0 Å². The molecule has 1 aromatic heterocycles. The second-order valence-corrected chi connectivity index (χ2v) is 6.49. The molecule has 0 amide bonds. The summed E-state index contributed by atoms with van der Waals surface area (Å²) in [6, 6.07) is 7.16. The lowest BCUT2D eigenvalue weighted by Gasteiger charge is -2.12. The smallest absolute Gasteiger partial charge is 0.291 e. The lowest BCUT2D eigenvalue weighted by molar-refractivity contribution is 0.251. The predicted octanol–water partition coefficient (Wildman–Crippen LogP) is 4.46. The summed E-state index contributed by atoms with van der Waals surface area (Å²) >= 11 is 0.338. The normalized spacial score (nSPS) is 17.5. The summed E-state index contributed by atoms with van der Waals surface area (Å²) in [7, 11) is 1.58. The number of hydrogen-bond acceptors (Lipinski definition) is 5. The van der Waals surface area contributed by atoms with Crippen molar-refractivity contribution in [2.24, 2.45) is 11.0 Å². The van der Waals surface area contributed by atoms with Crippen LogP contribution in [0.1, 0.15) is 19.3 Å². The molecule has 0 saturated carbocycles. The standard InChI is InChI=1S/C17H18F2N4OS/c1-24-14-9-7-13(8-10-14)15-21-22-17(25-16(18)19)23(15)20-11-12-5-3-2-4-6-12/h2-3,7-12,16H,4-6H2,1H3/b20-11-/t12-/m0/s1. The quantitative estimate of drug-likeness (QED) is 0.431. The molecule has 1 heterocycles. The van der Waals surface area contributed by atoms with E-state index in [1.54, 1.807) is 37.6 Å². The molecule has 0 bridgehead atoms. The fourth-order valence-electron chi connectivity index (χ4n) is 2.56. The minimum Gasteiger partial charge on any atom is -0.497 e. The Hall–Kier alpha value is -2.22. The van der Waals surface area contributed by atoms with Gasteiger partial charge in [0.15, 0.2) is 5.82 Å². The van der Waals surface area contributed by atoms with Gasteiger partial charge in [-0.1, -0.05) is 12.2 Å². The highest BCUT2D eigenvalue weighted by Gasteiger charge is 2.18. The summed E-state index contributed by atoms with van der Waals surface area (Å²) in [6.45, 7) is 0. The van der Waals surface area contributed by atoms with E-state index in [0.717, 1.165) is 24.8 Å². The number of aromatic nitrogens is 3. The van der Waals surface area contributed by atoms with E-state index in [0.29, 0.717) is 29.3 Å². The molecule has 132 valence electrons. The maximum absolute atomic E-state index is 12.8. The van der Waals surface area contributed by atoms with Gasteiger partial charge >= 0.3 is 0 Å². The van der Waals surface area contributed by atoms with Crippen molar-refractivity contribution in [3.8, 4) is 17.1 Å². The number of hydrogen-bond donors (Lipinski definition) is 0. The van der Waals surface area contributed by atoms with Crippen LogP contribution in [-0.2, 0) is 0 Å². The zero-order valence-electron chi connectivity index (χ0n) is 13.7. The van der Waals surface area contributed by atoms with Crippen LogP contribution in [0.2, 0.25) is 0 Å². The minimum atomic E-state index is -2.58. The van der Waals surface area contributed by atoms with Crippen LogP contribution in [0.15, 0.2) is 46.7 Å². The molecule has 1 aromatic carbocycles. The number of thioether (sulfide) groups is 1. The number of alkyl halides is 2. The van der Waals surface area contributed by atoms with Crippen LogP contribution in [0, 0.1) is 5.92 Å². The van der Waals surface area contributed by atoms with Crippen molar-refractivity contribution in [3.63, 3.8) is 0 Å². The van der Waals surface area contributed by atoms with Gasteiger partial charge in [0, 0.05) is 11.8 Å². The van der Waals surface area contributed by atoms with Gasteiger partial charge in [0.2, 0.25) is 5.16 Å². The van der Waals surface area contributed by atoms with Gasteiger partial charge in [-0.15, -0.1) is 10.2 Å². The van der Waals surface area contributed by atoms with Crippen molar-refractivity contribution < 1.29 is 13.5 Å². The molecule has 0 fully saturated rings. The highest BCUT2D eigenvalue weighted by molar-refractivity contribution is 7.99. The van der Waals surface area contributed by atoms with Crippen LogP contribution < -0.4 is 4.74 Å². The van der Waals surface area contributed by atoms with E-state index in [1.807, 2.05) is 0 Å². The van der Waals surface area contributed by atoms with Crippen LogP contribution in [0.3, 0.4) is 0 Å². The van der Waals surface area contributed by atoms with Gasteiger partial charge in [0.25, 0.3) is 5.76 Å². The third-order valence-corrected chi connectivity index (χ3v) is 4.50. The number of nitrogens with zero attached hydrogens (tertiary/aromatic N) is 4. The van der Waals surface area contributed by atoms with Crippen LogP contribution in [0.25, 0.3) is 11.4 Å². The molecule has 0 aliphatic heterocycles. The van der Waals surface area contributed by atoms with E-state index in [1.165, 1.54) is 4.68 Å². The van der Waals surface area contributed by atoms with Crippen LogP contribution >= 0.6 is 11.8 Å². The summed E-state index contributed by atoms with van der Waals surface area (Å²) in [5.74, 6) is -1.16. The van der Waals surface area contributed by atoms with Crippen molar-refractivity contribution in [1.29, 1.82) is 0 Å². The van der Waals surface area contributed by atoms with E-state index in [9.17, 15) is 8.78 Å². The monoisotopic (exact) mass is 364 g/mol. The Morgan fingerprint density at radius 1 is 1.28 bits per heavy atom. The third kappa shape index (κ3) is 4.45. The summed E-state index contributed by atoms with van der Waals surface area (Å²) in [5.41, 5.74) is 0.732. The molecule has 25 heavy (non-hydrogen) atoms. The van der Waals surface area contributed by atoms with Crippen molar-refractivity contribution in [1.82, 2.24) is 14.9 Å². The Bertz CT molecular complexity index is 759. The molecule has 1 atom stereocenters. The van der Waals surface area contributed by atoms with E-state index in [4.69, 9.17) is 4.74 Å². The first-order valence-electron chi connectivity index (χ1n) is 7.91. The van der Waals surface area contributed by atoms with Gasteiger partial charge < -0.3 is 4.74 Å². The molecule has 2 aromatic rings. The molecule has 0 N–H and O–H groups in total. The number of ether oxygens (including phenoxy) is 1. The van der Waals surface area contributed by atoms with Crippen molar-refractivity contribution in [3.05, 3.63) is 36.4 Å². The zero-order chi connectivity index (χ0) is 17.6.